The molecule has 1 fully saturated rings. The van der Waals surface area contributed by atoms with Crippen LogP contribution in [0.2, 0.25) is 0 Å². The summed E-state index contributed by atoms with van der Waals surface area (Å²) in [6.45, 7) is 9.85. The molecule has 1 aliphatic carbocycles. The molecule has 5 nitrogen and oxygen atoms in total. The van der Waals surface area contributed by atoms with Gasteiger partial charge in [0.2, 0.25) is 11.8 Å². The fourth-order valence-corrected chi connectivity index (χ4v) is 4.65. The van der Waals surface area contributed by atoms with Gasteiger partial charge in [0.1, 0.15) is 11.6 Å². The maximum atomic E-state index is 13.1. The Kier molecular flexibility index (Phi) is 11.2. The fraction of sp³-hybridized carbons (Fsp3) is 0.517. The van der Waals surface area contributed by atoms with Crippen molar-refractivity contribution in [3.05, 3.63) is 53.3 Å². The molecule has 192 valence electrons. The molecule has 6 heteroatoms. The largest absolute Gasteiger partial charge is 0.496 e. The van der Waals surface area contributed by atoms with E-state index in [0.717, 1.165) is 41.7 Å². The Morgan fingerprint density at radius 3 is 2.34 bits per heavy atom. The number of nitrogens with one attached hydrogen (secondary N) is 2. The zero-order valence-electron chi connectivity index (χ0n) is 22.0. The second kappa shape index (κ2) is 13.9. The van der Waals surface area contributed by atoms with Crippen LogP contribution in [-0.4, -0.2) is 18.9 Å². The van der Waals surface area contributed by atoms with Crippen molar-refractivity contribution in [2.24, 2.45) is 17.8 Å². The normalized spacial score (nSPS) is 18.0. The summed E-state index contributed by atoms with van der Waals surface area (Å²) in [4.78, 5) is 23.2. The maximum Gasteiger partial charge on any atom is 0.227 e. The number of aryl methyl sites for hydroxylation is 1. The highest BCUT2D eigenvalue weighted by molar-refractivity contribution is 5.92. The molecule has 0 saturated heterocycles. The number of methoxy groups -OCH3 is 1. The van der Waals surface area contributed by atoms with Gasteiger partial charge >= 0.3 is 0 Å². The number of benzene rings is 2. The van der Waals surface area contributed by atoms with Crippen LogP contribution in [0.4, 0.5) is 15.8 Å². The predicted octanol–water partition coefficient (Wildman–Crippen LogP) is 7.14. The van der Waals surface area contributed by atoms with E-state index in [1.165, 1.54) is 32.3 Å². The molecule has 0 spiro atoms. The van der Waals surface area contributed by atoms with Gasteiger partial charge in [0, 0.05) is 35.8 Å². The van der Waals surface area contributed by atoms with Crippen LogP contribution in [0.3, 0.4) is 0 Å². The Hall–Kier alpha value is -2.89. The topological polar surface area (TPSA) is 67.4 Å². The SMILES string of the molecule is CCC(C)C1CCC(C(=O)Nc2ccc(C)c(OC)c2)CC1.CCc1c(F)cccc1NC(C)=O. The Labute approximate surface area is 209 Å². The minimum Gasteiger partial charge on any atom is -0.496 e. The minimum absolute atomic E-state index is 0.160. The summed E-state index contributed by atoms with van der Waals surface area (Å²) in [5.74, 6) is 2.27. The highest BCUT2D eigenvalue weighted by atomic mass is 19.1. The van der Waals surface area contributed by atoms with Crippen LogP contribution in [0.25, 0.3) is 0 Å². The van der Waals surface area contributed by atoms with Crippen molar-refractivity contribution >= 4 is 23.2 Å². The first-order valence-electron chi connectivity index (χ1n) is 12.7. The number of amides is 2. The van der Waals surface area contributed by atoms with Crippen molar-refractivity contribution < 1.29 is 18.7 Å². The van der Waals surface area contributed by atoms with Crippen LogP contribution < -0.4 is 15.4 Å². The maximum absolute atomic E-state index is 13.1. The molecule has 3 rings (SSSR count). The van der Waals surface area contributed by atoms with Crippen LogP contribution in [0.15, 0.2) is 36.4 Å². The van der Waals surface area contributed by atoms with Crippen molar-refractivity contribution in [2.75, 3.05) is 17.7 Å². The molecule has 0 radical (unpaired) electrons. The van der Waals surface area contributed by atoms with Crippen LogP contribution in [0, 0.1) is 30.5 Å². The van der Waals surface area contributed by atoms with Gasteiger partial charge in [0.05, 0.1) is 7.11 Å². The van der Waals surface area contributed by atoms with E-state index in [9.17, 15) is 14.0 Å². The molecule has 2 N–H and O–H groups in total. The zero-order chi connectivity index (χ0) is 26.0. The first kappa shape index (κ1) is 28.3. The lowest BCUT2D eigenvalue weighted by Crippen LogP contribution is -2.28. The quantitative estimate of drug-likeness (QED) is 0.439. The number of ether oxygens (including phenoxy) is 1. The lowest BCUT2D eigenvalue weighted by molar-refractivity contribution is -0.121. The summed E-state index contributed by atoms with van der Waals surface area (Å²) >= 11 is 0. The number of rotatable bonds is 7. The Balaban J connectivity index is 0.000000283. The van der Waals surface area contributed by atoms with Crippen LogP contribution in [0.5, 0.6) is 5.75 Å². The standard InChI is InChI=1S/C19H29NO2.C10H12FNO/c1-5-13(2)15-7-9-16(10-8-15)19(21)20-17-11-6-14(3)18(12-17)22-4;1-3-8-9(11)5-4-6-10(8)12-7(2)13/h6,11-13,15-16H,5,7-10H2,1-4H3,(H,20,21);4-6H,3H2,1-2H3,(H,12,13). The van der Waals surface area contributed by atoms with Gasteiger partial charge in [-0.3, -0.25) is 9.59 Å². The van der Waals surface area contributed by atoms with E-state index in [2.05, 4.69) is 24.5 Å². The first-order valence-corrected chi connectivity index (χ1v) is 12.7. The van der Waals surface area contributed by atoms with Gasteiger partial charge in [-0.15, -0.1) is 0 Å². The van der Waals surface area contributed by atoms with Gasteiger partial charge in [-0.25, -0.2) is 4.39 Å². The summed E-state index contributed by atoms with van der Waals surface area (Å²) in [7, 11) is 1.66. The van der Waals surface area contributed by atoms with Crippen LogP contribution in [-0.2, 0) is 16.0 Å². The third-order valence-electron chi connectivity index (χ3n) is 7.05. The van der Waals surface area contributed by atoms with E-state index >= 15 is 0 Å². The monoisotopic (exact) mass is 484 g/mol. The highest BCUT2D eigenvalue weighted by Crippen LogP contribution is 2.35. The molecular weight excluding hydrogens is 443 g/mol. The Bertz CT molecular complexity index is 984. The smallest absolute Gasteiger partial charge is 0.227 e. The first-order chi connectivity index (χ1) is 16.7. The van der Waals surface area contributed by atoms with Gasteiger partial charge in [0.25, 0.3) is 0 Å². The number of hydrogen-bond donors (Lipinski definition) is 2. The molecule has 2 amide bonds. The van der Waals surface area contributed by atoms with Crippen molar-refractivity contribution in [1.29, 1.82) is 0 Å². The van der Waals surface area contributed by atoms with Crippen molar-refractivity contribution in [3.63, 3.8) is 0 Å². The van der Waals surface area contributed by atoms with Gasteiger partial charge in [-0.2, -0.15) is 0 Å². The molecule has 1 aliphatic rings. The second-order valence-electron chi connectivity index (χ2n) is 9.47. The number of halogens is 1. The molecule has 1 atom stereocenters. The molecule has 1 saturated carbocycles. The summed E-state index contributed by atoms with van der Waals surface area (Å²) in [6, 6.07) is 10.5. The van der Waals surface area contributed by atoms with E-state index in [1.54, 1.807) is 19.2 Å². The predicted molar refractivity (Wildman–Crippen MR) is 141 cm³/mol. The molecule has 0 aromatic heterocycles. The average Bonchev–Trinajstić information content (AvgIpc) is 2.85. The molecule has 0 bridgehead atoms. The average molecular weight is 485 g/mol. The van der Waals surface area contributed by atoms with E-state index < -0.39 is 0 Å². The van der Waals surface area contributed by atoms with Crippen molar-refractivity contribution in [1.82, 2.24) is 0 Å². The number of carbonyl (C=O) groups is 2. The molecule has 35 heavy (non-hydrogen) atoms. The summed E-state index contributed by atoms with van der Waals surface area (Å²) < 4.78 is 18.5. The van der Waals surface area contributed by atoms with Gasteiger partial charge in [0.15, 0.2) is 0 Å². The van der Waals surface area contributed by atoms with E-state index in [4.69, 9.17) is 4.74 Å². The molecular formula is C29H41FN2O3. The van der Waals surface area contributed by atoms with Gasteiger partial charge < -0.3 is 15.4 Å². The molecule has 0 heterocycles. The van der Waals surface area contributed by atoms with Gasteiger partial charge in [-0.05, 0) is 74.6 Å². The van der Waals surface area contributed by atoms with Crippen molar-refractivity contribution in [2.45, 2.75) is 73.1 Å². The molecule has 1 unspecified atom stereocenters. The van der Waals surface area contributed by atoms with Crippen LogP contribution >= 0.6 is 0 Å². The Morgan fingerprint density at radius 1 is 1.09 bits per heavy atom. The summed E-state index contributed by atoms with van der Waals surface area (Å²) in [5.41, 5.74) is 3.03. The minimum atomic E-state index is -0.270. The van der Waals surface area contributed by atoms with E-state index in [1.807, 2.05) is 32.0 Å². The number of anilines is 2. The highest BCUT2D eigenvalue weighted by Gasteiger charge is 2.28. The molecule has 2 aromatic rings. The van der Waals surface area contributed by atoms with Crippen LogP contribution in [0.1, 0.15) is 70.9 Å². The lowest BCUT2D eigenvalue weighted by Gasteiger charge is -2.31. The number of carbonyl (C=O) groups excluding carboxylic acids is 2. The van der Waals surface area contributed by atoms with Gasteiger partial charge in [-0.1, -0.05) is 39.3 Å². The zero-order valence-corrected chi connectivity index (χ0v) is 22.0. The molecule has 2 aromatic carbocycles. The Morgan fingerprint density at radius 2 is 1.77 bits per heavy atom. The third-order valence-corrected chi connectivity index (χ3v) is 7.05. The summed E-state index contributed by atoms with van der Waals surface area (Å²) in [5, 5.41) is 5.64. The second-order valence-corrected chi connectivity index (χ2v) is 9.47. The third kappa shape index (κ3) is 8.37. The lowest BCUT2D eigenvalue weighted by atomic mass is 9.75. The van der Waals surface area contributed by atoms with Crippen molar-refractivity contribution in [3.8, 4) is 5.75 Å². The van der Waals surface area contributed by atoms with E-state index in [0.29, 0.717) is 17.7 Å². The molecule has 0 aliphatic heterocycles. The fourth-order valence-electron chi connectivity index (χ4n) is 4.65. The van der Waals surface area contributed by atoms with E-state index in [-0.39, 0.29) is 23.5 Å². The summed E-state index contributed by atoms with van der Waals surface area (Å²) in [6.07, 6.45) is 6.22. The number of hydrogen-bond acceptors (Lipinski definition) is 3.